The number of hydrogen-bond acceptors (Lipinski definition) is 6. The Hall–Kier alpha value is -2.89. The molecular weight excluding hydrogens is 436 g/mol. The molecule has 0 bridgehead atoms. The van der Waals surface area contributed by atoms with Crippen molar-refractivity contribution < 1.29 is 18.0 Å². The number of anilines is 1. The Morgan fingerprint density at radius 1 is 1.28 bits per heavy atom. The van der Waals surface area contributed by atoms with E-state index in [-0.39, 0.29) is 29.9 Å². The highest BCUT2D eigenvalue weighted by Gasteiger charge is 2.22. The Bertz CT molecular complexity index is 965. The summed E-state index contributed by atoms with van der Waals surface area (Å²) in [5.41, 5.74) is 9.72. The van der Waals surface area contributed by atoms with Gasteiger partial charge in [0.15, 0.2) is 5.96 Å². The number of rotatable bonds is 12. The molecule has 0 spiro atoms. The Morgan fingerprint density at radius 3 is 2.66 bits per heavy atom. The van der Waals surface area contributed by atoms with Crippen LogP contribution in [0.1, 0.15) is 44.9 Å². The highest BCUT2D eigenvalue weighted by atomic mass is 32.2. The predicted octanol–water partition coefficient (Wildman–Crippen LogP) is -0.0924. The lowest BCUT2D eigenvalue weighted by molar-refractivity contribution is -0.124. The summed E-state index contributed by atoms with van der Waals surface area (Å²) in [6.07, 6.45) is 7.70. The van der Waals surface area contributed by atoms with Crippen LogP contribution in [-0.2, 0) is 26.2 Å². The molecule has 1 aromatic heterocycles. The molecule has 32 heavy (non-hydrogen) atoms. The number of carbonyl (C=O) groups excluding carboxylic acids is 2. The zero-order chi connectivity index (χ0) is 23.6. The smallest absolute Gasteiger partial charge is 0.275 e. The average Bonchev–Trinajstić information content (AvgIpc) is 2.73. The zero-order valence-electron chi connectivity index (χ0n) is 18.0. The molecular formula is C20H32N6O5S. The van der Waals surface area contributed by atoms with Crippen molar-refractivity contribution in [3.63, 3.8) is 0 Å². The molecule has 11 nitrogen and oxygen atoms in total. The summed E-state index contributed by atoms with van der Waals surface area (Å²) in [4.78, 5) is 40.0. The van der Waals surface area contributed by atoms with E-state index in [9.17, 15) is 22.8 Å². The van der Waals surface area contributed by atoms with Crippen molar-refractivity contribution in [3.05, 3.63) is 28.7 Å². The van der Waals surface area contributed by atoms with Crippen molar-refractivity contribution in [2.45, 2.75) is 57.5 Å². The molecule has 1 amide bonds. The Labute approximate surface area is 187 Å². The van der Waals surface area contributed by atoms with Crippen LogP contribution in [0.5, 0.6) is 0 Å². The summed E-state index contributed by atoms with van der Waals surface area (Å²) in [6.45, 7) is -0.0275. The van der Waals surface area contributed by atoms with E-state index in [0.717, 1.165) is 36.7 Å². The number of sulfonamides is 1. The van der Waals surface area contributed by atoms with Crippen LogP contribution in [0.4, 0.5) is 5.69 Å². The van der Waals surface area contributed by atoms with Crippen molar-refractivity contribution >= 4 is 33.9 Å². The molecule has 1 aromatic rings. The number of nitrogens with two attached hydrogens (primary N) is 2. The fourth-order valence-electron chi connectivity index (χ4n) is 3.71. The number of aldehydes is 1. The molecule has 178 valence electrons. The number of aromatic nitrogens is 1. The summed E-state index contributed by atoms with van der Waals surface area (Å²) < 4.78 is 28.5. The minimum Gasteiger partial charge on any atom is -0.370 e. The minimum atomic E-state index is -3.68. The summed E-state index contributed by atoms with van der Waals surface area (Å²) >= 11 is 0. The first-order chi connectivity index (χ1) is 15.2. The zero-order valence-corrected chi connectivity index (χ0v) is 18.9. The molecule has 1 unspecified atom stereocenters. The molecule has 0 saturated heterocycles. The molecule has 1 heterocycles. The van der Waals surface area contributed by atoms with E-state index in [2.05, 4.69) is 15.0 Å². The van der Waals surface area contributed by atoms with Crippen LogP contribution < -0.4 is 27.1 Å². The number of carbonyl (C=O) groups is 2. The van der Waals surface area contributed by atoms with Gasteiger partial charge in [-0.3, -0.25) is 19.3 Å². The molecule has 1 saturated carbocycles. The summed E-state index contributed by atoms with van der Waals surface area (Å²) in [5.74, 6) is -0.535. The molecule has 1 aliphatic rings. The maximum Gasteiger partial charge on any atom is 0.275 e. The Balaban J connectivity index is 1.95. The maximum absolute atomic E-state index is 12.7. The minimum absolute atomic E-state index is 0.0251. The molecule has 1 atom stereocenters. The molecule has 6 N–H and O–H groups in total. The van der Waals surface area contributed by atoms with Gasteiger partial charge in [0.2, 0.25) is 15.9 Å². The quantitative estimate of drug-likeness (QED) is 0.143. The van der Waals surface area contributed by atoms with Gasteiger partial charge in [-0.15, -0.1) is 0 Å². The number of guanidine groups is 1. The van der Waals surface area contributed by atoms with Gasteiger partial charge < -0.3 is 26.1 Å². The number of pyridine rings is 1. The first kappa shape index (κ1) is 25.4. The fraction of sp³-hybridized carbons (Fsp3) is 0.600. The van der Waals surface area contributed by atoms with Crippen LogP contribution in [0, 0.1) is 5.92 Å². The highest BCUT2D eigenvalue weighted by Crippen LogP contribution is 2.25. The number of aliphatic imine (C=N–C) groups is 1. The summed E-state index contributed by atoms with van der Waals surface area (Å²) in [5, 5.41) is 2.54. The van der Waals surface area contributed by atoms with Crippen molar-refractivity contribution in [2.75, 3.05) is 17.0 Å². The normalized spacial score (nSPS) is 15.5. The fourth-order valence-corrected chi connectivity index (χ4v) is 5.24. The lowest BCUT2D eigenvalue weighted by atomic mass is 9.91. The van der Waals surface area contributed by atoms with Crippen LogP contribution in [0.3, 0.4) is 0 Å². The molecule has 1 aliphatic carbocycles. The largest absolute Gasteiger partial charge is 0.370 e. The van der Waals surface area contributed by atoms with Gasteiger partial charge in [0.1, 0.15) is 18.5 Å². The van der Waals surface area contributed by atoms with Crippen LogP contribution in [0.15, 0.2) is 28.1 Å². The number of nitrogens with one attached hydrogen (secondary N) is 2. The van der Waals surface area contributed by atoms with Crippen LogP contribution >= 0.6 is 0 Å². The average molecular weight is 469 g/mol. The second kappa shape index (κ2) is 12.2. The van der Waals surface area contributed by atoms with Crippen LogP contribution in [-0.4, -0.2) is 49.5 Å². The number of amides is 1. The first-order valence-corrected chi connectivity index (χ1v) is 12.4. The van der Waals surface area contributed by atoms with Gasteiger partial charge in [-0.25, -0.2) is 8.42 Å². The molecule has 0 aliphatic heterocycles. The van der Waals surface area contributed by atoms with Gasteiger partial charge in [-0.2, -0.15) is 0 Å². The van der Waals surface area contributed by atoms with Crippen molar-refractivity contribution in [2.24, 2.45) is 22.4 Å². The van der Waals surface area contributed by atoms with E-state index in [1.165, 1.54) is 18.3 Å². The lowest BCUT2D eigenvalue weighted by Crippen LogP contribution is -2.40. The SMILES string of the molecule is NC(N)=NCCCC(C=O)NC(=O)Cn1cccc(NS(=O)(=O)CC2CCCCC2)c1=O. The van der Waals surface area contributed by atoms with Crippen LogP contribution in [0.2, 0.25) is 0 Å². The third-order valence-corrected chi connectivity index (χ3v) is 6.70. The van der Waals surface area contributed by atoms with E-state index in [1.54, 1.807) is 0 Å². The topological polar surface area (TPSA) is 179 Å². The van der Waals surface area contributed by atoms with E-state index < -0.39 is 27.5 Å². The van der Waals surface area contributed by atoms with E-state index in [1.807, 2.05) is 0 Å². The second-order valence-electron chi connectivity index (χ2n) is 8.00. The number of hydrogen-bond donors (Lipinski definition) is 4. The molecule has 0 aromatic carbocycles. The van der Waals surface area contributed by atoms with Gasteiger partial charge in [0, 0.05) is 12.7 Å². The van der Waals surface area contributed by atoms with Gasteiger partial charge in [-0.1, -0.05) is 19.3 Å². The Morgan fingerprint density at radius 2 is 2.00 bits per heavy atom. The third kappa shape index (κ3) is 8.69. The first-order valence-electron chi connectivity index (χ1n) is 10.7. The molecule has 1 fully saturated rings. The van der Waals surface area contributed by atoms with Gasteiger partial charge in [-0.05, 0) is 43.7 Å². The van der Waals surface area contributed by atoms with Crippen LogP contribution in [0.25, 0.3) is 0 Å². The van der Waals surface area contributed by atoms with Crippen molar-refractivity contribution in [1.82, 2.24) is 9.88 Å². The summed E-state index contributed by atoms with van der Waals surface area (Å²) in [7, 11) is -3.68. The monoisotopic (exact) mass is 468 g/mol. The Kier molecular flexibility index (Phi) is 9.69. The van der Waals surface area contributed by atoms with Gasteiger partial charge in [0.25, 0.3) is 5.56 Å². The molecule has 0 radical (unpaired) electrons. The van der Waals surface area contributed by atoms with E-state index in [0.29, 0.717) is 25.7 Å². The number of nitrogens with zero attached hydrogens (tertiary/aromatic N) is 2. The third-order valence-electron chi connectivity index (χ3n) is 5.26. The summed E-state index contributed by atoms with van der Waals surface area (Å²) in [6, 6.07) is 2.11. The standard InChI is InChI=1S/C20H32N6O5S/c21-20(22)23-10-4-8-16(13-27)24-18(28)12-26-11-5-9-17(19(26)29)25-32(30,31)14-15-6-2-1-3-7-15/h5,9,11,13,15-16,25H,1-4,6-8,10,12,14H2,(H,24,28)(H4,21,22,23). The molecule has 12 heteroatoms. The van der Waals surface area contributed by atoms with Crippen molar-refractivity contribution in [1.29, 1.82) is 0 Å². The van der Waals surface area contributed by atoms with Gasteiger partial charge in [0.05, 0.1) is 11.8 Å². The molecule has 2 rings (SSSR count). The highest BCUT2D eigenvalue weighted by molar-refractivity contribution is 7.92. The van der Waals surface area contributed by atoms with Gasteiger partial charge >= 0.3 is 0 Å². The lowest BCUT2D eigenvalue weighted by Gasteiger charge is -2.21. The maximum atomic E-state index is 12.7. The van der Waals surface area contributed by atoms with E-state index in [4.69, 9.17) is 11.5 Å². The van der Waals surface area contributed by atoms with E-state index >= 15 is 0 Å². The second-order valence-corrected chi connectivity index (χ2v) is 9.77. The predicted molar refractivity (Wildman–Crippen MR) is 123 cm³/mol. The van der Waals surface area contributed by atoms with Crippen molar-refractivity contribution in [3.8, 4) is 0 Å².